The van der Waals surface area contributed by atoms with Crippen molar-refractivity contribution in [3.8, 4) is 5.75 Å². The highest BCUT2D eigenvalue weighted by Gasteiger charge is 2.32. The number of hydrogen-bond acceptors (Lipinski definition) is 3. The van der Waals surface area contributed by atoms with Crippen molar-refractivity contribution < 1.29 is 17.9 Å². The first-order chi connectivity index (χ1) is 12.9. The summed E-state index contributed by atoms with van der Waals surface area (Å²) in [4.78, 5) is 6.64. The molecule has 0 aromatic heterocycles. The van der Waals surface area contributed by atoms with E-state index in [0.29, 0.717) is 17.4 Å². The molecule has 28 heavy (non-hydrogen) atoms. The van der Waals surface area contributed by atoms with Crippen LogP contribution < -0.4 is 15.4 Å². The maximum absolute atomic E-state index is 12.5. The Labute approximate surface area is 182 Å². The van der Waals surface area contributed by atoms with Crippen LogP contribution in [0.15, 0.2) is 29.3 Å². The molecule has 1 fully saturated rings. The summed E-state index contributed by atoms with van der Waals surface area (Å²) < 4.78 is 41.6. The van der Waals surface area contributed by atoms with Gasteiger partial charge >= 0.3 is 6.36 Å². The summed E-state index contributed by atoms with van der Waals surface area (Å²) in [7, 11) is 1.65. The maximum Gasteiger partial charge on any atom is 0.573 e. The minimum atomic E-state index is -4.71. The Bertz CT molecular complexity index is 605. The van der Waals surface area contributed by atoms with Gasteiger partial charge in [-0.2, -0.15) is 0 Å². The number of alkyl halides is 3. The smallest absolute Gasteiger partial charge is 0.405 e. The lowest BCUT2D eigenvalue weighted by Gasteiger charge is -2.32. The molecule has 0 radical (unpaired) electrons. The van der Waals surface area contributed by atoms with Crippen LogP contribution in [0.4, 0.5) is 13.2 Å². The molecule has 0 unspecified atom stereocenters. The van der Waals surface area contributed by atoms with Gasteiger partial charge in [-0.3, -0.25) is 4.99 Å². The minimum Gasteiger partial charge on any atom is -0.405 e. The van der Waals surface area contributed by atoms with E-state index in [-0.39, 0.29) is 36.3 Å². The zero-order valence-corrected chi connectivity index (χ0v) is 18.7. The fourth-order valence-corrected chi connectivity index (χ4v) is 3.25. The van der Waals surface area contributed by atoms with E-state index in [1.54, 1.807) is 19.2 Å². The van der Waals surface area contributed by atoms with Crippen LogP contribution in [0.5, 0.6) is 5.75 Å². The van der Waals surface area contributed by atoms with Crippen LogP contribution in [0.2, 0.25) is 0 Å². The van der Waals surface area contributed by atoms with Crippen LogP contribution in [0, 0.1) is 5.92 Å². The van der Waals surface area contributed by atoms with Crippen molar-refractivity contribution in [2.24, 2.45) is 10.9 Å². The van der Waals surface area contributed by atoms with Crippen LogP contribution in [0.25, 0.3) is 0 Å². The first kappa shape index (κ1) is 24.8. The second kappa shape index (κ2) is 12.4. The Hall–Kier alpha value is -1.23. The lowest BCUT2D eigenvalue weighted by molar-refractivity contribution is -0.274. The molecule has 1 aromatic rings. The van der Waals surface area contributed by atoms with Gasteiger partial charge in [0.05, 0.1) is 0 Å². The van der Waals surface area contributed by atoms with E-state index in [1.165, 1.54) is 18.6 Å². The largest absolute Gasteiger partial charge is 0.573 e. The highest BCUT2D eigenvalue weighted by molar-refractivity contribution is 14.0. The summed E-state index contributed by atoms with van der Waals surface area (Å²) in [5.41, 5.74) is 0.422. The van der Waals surface area contributed by atoms with Gasteiger partial charge in [0.25, 0.3) is 0 Å². The maximum atomic E-state index is 12.5. The Kier molecular flexibility index (Phi) is 10.9. The minimum absolute atomic E-state index is 0. The predicted molar refractivity (Wildman–Crippen MR) is 116 cm³/mol. The summed E-state index contributed by atoms with van der Waals surface area (Å²) in [6.45, 7) is 6.59. The number of hydrogen-bond donors (Lipinski definition) is 2. The van der Waals surface area contributed by atoms with Crippen molar-refractivity contribution in [3.63, 3.8) is 0 Å². The Morgan fingerprint density at radius 2 is 1.89 bits per heavy atom. The topological polar surface area (TPSA) is 48.9 Å². The lowest BCUT2D eigenvalue weighted by Crippen LogP contribution is -2.42. The van der Waals surface area contributed by atoms with Gasteiger partial charge in [-0.25, -0.2) is 0 Å². The number of likely N-dealkylation sites (tertiary alicyclic amines) is 1. The van der Waals surface area contributed by atoms with Crippen LogP contribution in [-0.2, 0) is 6.54 Å². The molecule has 9 heteroatoms. The van der Waals surface area contributed by atoms with Crippen molar-refractivity contribution in [2.45, 2.75) is 39.1 Å². The molecule has 1 aliphatic heterocycles. The second-order valence-electron chi connectivity index (χ2n) is 6.75. The van der Waals surface area contributed by atoms with E-state index < -0.39 is 6.36 Å². The number of ether oxygens (including phenoxy) is 1. The number of nitrogens with zero attached hydrogens (tertiary/aromatic N) is 2. The molecule has 0 spiro atoms. The van der Waals surface area contributed by atoms with Crippen molar-refractivity contribution in [1.29, 1.82) is 0 Å². The molecule has 1 aliphatic rings. The number of piperidine rings is 1. The molecule has 1 aromatic carbocycles. The number of benzene rings is 1. The third-order valence-electron chi connectivity index (χ3n) is 4.67. The SMILES string of the molecule is CCCN1CCC(CNC(=NC)NCc2ccccc2OC(F)(F)F)CC1.I. The molecular weight excluding hydrogens is 484 g/mol. The van der Waals surface area contributed by atoms with Gasteiger partial charge in [-0.05, 0) is 50.9 Å². The van der Waals surface area contributed by atoms with Gasteiger partial charge in [0.1, 0.15) is 5.75 Å². The Morgan fingerprint density at radius 3 is 2.50 bits per heavy atom. The number of nitrogens with one attached hydrogen (secondary N) is 2. The fraction of sp³-hybridized carbons (Fsp3) is 0.632. The monoisotopic (exact) mass is 514 g/mol. The van der Waals surface area contributed by atoms with Crippen molar-refractivity contribution in [1.82, 2.24) is 15.5 Å². The van der Waals surface area contributed by atoms with Crippen molar-refractivity contribution in [3.05, 3.63) is 29.8 Å². The number of rotatable bonds is 7. The third-order valence-corrected chi connectivity index (χ3v) is 4.67. The van der Waals surface area contributed by atoms with E-state index in [4.69, 9.17) is 0 Å². The number of halogens is 4. The molecule has 0 aliphatic carbocycles. The second-order valence-corrected chi connectivity index (χ2v) is 6.75. The van der Waals surface area contributed by atoms with E-state index in [9.17, 15) is 13.2 Å². The van der Waals surface area contributed by atoms with Gasteiger partial charge in [0.15, 0.2) is 5.96 Å². The van der Waals surface area contributed by atoms with E-state index in [2.05, 4.69) is 32.2 Å². The van der Waals surface area contributed by atoms with E-state index in [1.807, 2.05) is 0 Å². The predicted octanol–water partition coefficient (Wildman–Crippen LogP) is 3.99. The van der Waals surface area contributed by atoms with Gasteiger partial charge in [0.2, 0.25) is 0 Å². The molecule has 160 valence electrons. The van der Waals surface area contributed by atoms with Crippen LogP contribution >= 0.6 is 24.0 Å². The van der Waals surface area contributed by atoms with Gasteiger partial charge in [-0.1, -0.05) is 25.1 Å². The molecule has 0 atom stereocenters. The van der Waals surface area contributed by atoms with Crippen LogP contribution in [0.3, 0.4) is 0 Å². The molecule has 5 nitrogen and oxygen atoms in total. The lowest BCUT2D eigenvalue weighted by atomic mass is 9.97. The van der Waals surface area contributed by atoms with Gasteiger partial charge in [0, 0.05) is 25.7 Å². The summed E-state index contributed by atoms with van der Waals surface area (Å²) >= 11 is 0. The molecule has 2 N–H and O–H groups in total. The average molecular weight is 514 g/mol. The van der Waals surface area contributed by atoms with Crippen LogP contribution in [-0.4, -0.2) is 50.4 Å². The van der Waals surface area contributed by atoms with Gasteiger partial charge < -0.3 is 20.3 Å². The molecule has 0 saturated carbocycles. The number of aliphatic imine (C=N–C) groups is 1. The summed E-state index contributed by atoms with van der Waals surface area (Å²) in [5, 5.41) is 6.34. The highest BCUT2D eigenvalue weighted by Crippen LogP contribution is 2.26. The summed E-state index contributed by atoms with van der Waals surface area (Å²) in [6, 6.07) is 6.11. The molecular formula is C19H30F3IN4O. The van der Waals surface area contributed by atoms with Crippen molar-refractivity contribution in [2.75, 3.05) is 33.2 Å². The molecule has 0 bridgehead atoms. The number of guanidine groups is 1. The third kappa shape index (κ3) is 8.85. The average Bonchev–Trinajstić information content (AvgIpc) is 2.63. The van der Waals surface area contributed by atoms with Crippen molar-refractivity contribution >= 4 is 29.9 Å². The number of para-hydroxylation sites is 1. The van der Waals surface area contributed by atoms with E-state index in [0.717, 1.165) is 39.0 Å². The first-order valence-corrected chi connectivity index (χ1v) is 9.41. The van der Waals surface area contributed by atoms with E-state index >= 15 is 0 Å². The quantitative estimate of drug-likeness (QED) is 0.329. The Balaban J connectivity index is 0.00000392. The van der Waals surface area contributed by atoms with Crippen LogP contribution in [0.1, 0.15) is 31.7 Å². The van der Waals surface area contributed by atoms with Gasteiger partial charge in [-0.15, -0.1) is 37.1 Å². The Morgan fingerprint density at radius 1 is 1.21 bits per heavy atom. The highest BCUT2D eigenvalue weighted by atomic mass is 127. The fourth-order valence-electron chi connectivity index (χ4n) is 3.25. The molecule has 1 saturated heterocycles. The first-order valence-electron chi connectivity index (χ1n) is 9.41. The zero-order valence-electron chi connectivity index (χ0n) is 16.4. The standard InChI is InChI=1S/C19H29F3N4O.HI/c1-3-10-26-11-8-15(9-12-26)13-24-18(23-2)25-14-16-6-4-5-7-17(16)27-19(20,21)22;/h4-7,15H,3,8-14H2,1-2H3,(H2,23,24,25);1H. The zero-order chi connectivity index (χ0) is 19.7. The molecule has 1 heterocycles. The summed E-state index contributed by atoms with van der Waals surface area (Å²) in [6.07, 6.45) is -1.24. The molecule has 0 amide bonds. The summed E-state index contributed by atoms with van der Waals surface area (Å²) in [5.74, 6) is 0.960. The molecule has 2 rings (SSSR count). The normalized spacial score (nSPS) is 16.4.